The summed E-state index contributed by atoms with van der Waals surface area (Å²) in [5.41, 5.74) is 4.76. The quantitative estimate of drug-likeness (QED) is 0.688. The van der Waals surface area contributed by atoms with Crippen molar-refractivity contribution in [3.63, 3.8) is 0 Å². The molecule has 0 bridgehead atoms. The first-order valence-corrected chi connectivity index (χ1v) is 6.25. The fraction of sp³-hybridized carbons (Fsp3) is 0.917. The standard InChI is InChI=1S/C12H24N2O2/c1-3-14-12(2,11(13)15)8-9-16-10-6-4-5-7-10/h10,14H,3-9H2,1-2H3,(H2,13,15). The number of hydrogen-bond donors (Lipinski definition) is 2. The number of amides is 1. The van der Waals surface area contributed by atoms with Crippen LogP contribution in [0.4, 0.5) is 0 Å². The van der Waals surface area contributed by atoms with Gasteiger partial charge in [-0.25, -0.2) is 0 Å². The molecule has 1 unspecified atom stereocenters. The molecule has 3 N–H and O–H groups in total. The van der Waals surface area contributed by atoms with Crippen LogP contribution in [0, 0.1) is 0 Å². The van der Waals surface area contributed by atoms with Crippen molar-refractivity contribution in [2.24, 2.45) is 5.73 Å². The minimum Gasteiger partial charge on any atom is -0.378 e. The average Bonchev–Trinajstić information content (AvgIpc) is 2.70. The van der Waals surface area contributed by atoms with Crippen molar-refractivity contribution in [2.45, 2.75) is 57.6 Å². The van der Waals surface area contributed by atoms with E-state index >= 15 is 0 Å². The van der Waals surface area contributed by atoms with E-state index in [4.69, 9.17) is 10.5 Å². The molecular formula is C12H24N2O2. The van der Waals surface area contributed by atoms with Crippen LogP contribution in [0.2, 0.25) is 0 Å². The maximum atomic E-state index is 11.3. The van der Waals surface area contributed by atoms with Crippen molar-refractivity contribution in [1.82, 2.24) is 5.32 Å². The zero-order valence-electron chi connectivity index (χ0n) is 10.4. The van der Waals surface area contributed by atoms with Crippen LogP contribution in [0.25, 0.3) is 0 Å². The number of nitrogens with two attached hydrogens (primary N) is 1. The summed E-state index contributed by atoms with van der Waals surface area (Å²) < 4.78 is 5.75. The summed E-state index contributed by atoms with van der Waals surface area (Å²) in [5.74, 6) is -0.302. The van der Waals surface area contributed by atoms with Gasteiger partial charge in [0.25, 0.3) is 0 Å². The average molecular weight is 228 g/mol. The molecule has 94 valence electrons. The Balaban J connectivity index is 2.29. The maximum Gasteiger partial charge on any atom is 0.237 e. The van der Waals surface area contributed by atoms with Gasteiger partial charge in [0.2, 0.25) is 5.91 Å². The molecule has 0 radical (unpaired) electrons. The molecule has 0 aliphatic heterocycles. The van der Waals surface area contributed by atoms with E-state index < -0.39 is 5.54 Å². The van der Waals surface area contributed by atoms with Gasteiger partial charge in [0.1, 0.15) is 0 Å². The summed E-state index contributed by atoms with van der Waals surface area (Å²) >= 11 is 0. The number of hydrogen-bond acceptors (Lipinski definition) is 3. The zero-order chi connectivity index (χ0) is 12.0. The number of nitrogens with one attached hydrogen (secondary N) is 1. The Morgan fingerprint density at radius 1 is 1.50 bits per heavy atom. The highest BCUT2D eigenvalue weighted by Gasteiger charge is 2.30. The summed E-state index contributed by atoms with van der Waals surface area (Å²) in [7, 11) is 0. The third-order valence-electron chi connectivity index (χ3n) is 3.37. The van der Waals surface area contributed by atoms with E-state index in [9.17, 15) is 4.79 Å². The molecule has 0 spiro atoms. The third kappa shape index (κ3) is 3.76. The lowest BCUT2D eigenvalue weighted by molar-refractivity contribution is -0.124. The van der Waals surface area contributed by atoms with Gasteiger partial charge < -0.3 is 15.8 Å². The summed E-state index contributed by atoms with van der Waals surface area (Å²) in [6.45, 7) is 5.16. The Morgan fingerprint density at radius 2 is 2.12 bits per heavy atom. The van der Waals surface area contributed by atoms with Crippen molar-refractivity contribution < 1.29 is 9.53 Å². The van der Waals surface area contributed by atoms with Crippen LogP contribution < -0.4 is 11.1 Å². The lowest BCUT2D eigenvalue weighted by Gasteiger charge is -2.27. The highest BCUT2D eigenvalue weighted by molar-refractivity contribution is 5.84. The van der Waals surface area contributed by atoms with Gasteiger partial charge in [-0.1, -0.05) is 19.8 Å². The van der Waals surface area contributed by atoms with Gasteiger partial charge >= 0.3 is 0 Å². The molecule has 1 fully saturated rings. The van der Waals surface area contributed by atoms with Crippen molar-refractivity contribution >= 4 is 5.91 Å². The smallest absolute Gasteiger partial charge is 0.237 e. The molecule has 1 rings (SSSR count). The number of carbonyl (C=O) groups excluding carboxylic acids is 1. The van der Waals surface area contributed by atoms with Crippen LogP contribution >= 0.6 is 0 Å². The Kier molecular flexibility index (Phi) is 5.22. The summed E-state index contributed by atoms with van der Waals surface area (Å²) in [6, 6.07) is 0. The van der Waals surface area contributed by atoms with E-state index in [0.717, 1.165) is 19.4 Å². The van der Waals surface area contributed by atoms with Crippen molar-refractivity contribution in [3.8, 4) is 0 Å². The van der Waals surface area contributed by atoms with Crippen molar-refractivity contribution in [3.05, 3.63) is 0 Å². The van der Waals surface area contributed by atoms with E-state index in [1.165, 1.54) is 12.8 Å². The number of carbonyl (C=O) groups is 1. The molecule has 4 heteroatoms. The topological polar surface area (TPSA) is 64.3 Å². The van der Waals surface area contributed by atoms with Crippen LogP contribution in [0.15, 0.2) is 0 Å². The Hall–Kier alpha value is -0.610. The second-order valence-electron chi connectivity index (χ2n) is 4.75. The SMILES string of the molecule is CCNC(C)(CCOC1CCCC1)C(N)=O. The number of primary amides is 1. The van der Waals surface area contributed by atoms with Crippen LogP contribution in [0.3, 0.4) is 0 Å². The van der Waals surface area contributed by atoms with E-state index in [2.05, 4.69) is 5.32 Å². The molecular weight excluding hydrogens is 204 g/mol. The number of likely N-dealkylation sites (N-methyl/N-ethyl adjacent to an activating group) is 1. The third-order valence-corrected chi connectivity index (χ3v) is 3.37. The molecule has 1 amide bonds. The molecule has 0 heterocycles. The lowest BCUT2D eigenvalue weighted by Crippen LogP contribution is -2.53. The minimum absolute atomic E-state index is 0.302. The van der Waals surface area contributed by atoms with Crippen LogP contribution in [-0.4, -0.2) is 30.7 Å². The molecule has 0 aromatic rings. The number of rotatable bonds is 7. The second-order valence-corrected chi connectivity index (χ2v) is 4.75. The molecule has 0 aromatic heterocycles. The van der Waals surface area contributed by atoms with E-state index in [1.54, 1.807) is 0 Å². The fourth-order valence-corrected chi connectivity index (χ4v) is 2.17. The summed E-state index contributed by atoms with van der Waals surface area (Å²) in [4.78, 5) is 11.3. The first-order valence-electron chi connectivity index (χ1n) is 6.25. The van der Waals surface area contributed by atoms with Gasteiger partial charge in [-0.2, -0.15) is 0 Å². The van der Waals surface area contributed by atoms with Gasteiger partial charge in [0.15, 0.2) is 0 Å². The first-order chi connectivity index (χ1) is 7.58. The van der Waals surface area contributed by atoms with E-state index in [1.807, 2.05) is 13.8 Å². The van der Waals surface area contributed by atoms with Crippen LogP contribution in [0.1, 0.15) is 46.0 Å². The van der Waals surface area contributed by atoms with Gasteiger partial charge in [-0.05, 0) is 32.7 Å². The van der Waals surface area contributed by atoms with Crippen molar-refractivity contribution in [2.75, 3.05) is 13.2 Å². The van der Waals surface area contributed by atoms with Crippen molar-refractivity contribution in [1.29, 1.82) is 0 Å². The predicted molar refractivity (Wildman–Crippen MR) is 64.1 cm³/mol. The van der Waals surface area contributed by atoms with Gasteiger partial charge in [0, 0.05) is 6.61 Å². The Labute approximate surface area is 97.9 Å². The maximum absolute atomic E-state index is 11.3. The molecule has 16 heavy (non-hydrogen) atoms. The summed E-state index contributed by atoms with van der Waals surface area (Å²) in [5, 5.41) is 3.13. The Bertz CT molecular complexity index is 227. The molecule has 4 nitrogen and oxygen atoms in total. The predicted octanol–water partition coefficient (Wildman–Crippen LogP) is 1.19. The summed E-state index contributed by atoms with van der Waals surface area (Å²) in [6.07, 6.45) is 5.91. The first kappa shape index (κ1) is 13.5. The van der Waals surface area contributed by atoms with Gasteiger partial charge in [0.05, 0.1) is 11.6 Å². The zero-order valence-corrected chi connectivity index (χ0v) is 10.4. The molecule has 1 saturated carbocycles. The molecule has 1 aliphatic rings. The van der Waals surface area contributed by atoms with Crippen LogP contribution in [-0.2, 0) is 9.53 Å². The highest BCUT2D eigenvalue weighted by Crippen LogP contribution is 2.21. The van der Waals surface area contributed by atoms with E-state index in [-0.39, 0.29) is 5.91 Å². The molecule has 0 aromatic carbocycles. The van der Waals surface area contributed by atoms with Gasteiger partial charge in [-0.15, -0.1) is 0 Å². The van der Waals surface area contributed by atoms with Crippen LogP contribution in [0.5, 0.6) is 0 Å². The Morgan fingerprint density at radius 3 is 2.62 bits per heavy atom. The molecule has 0 saturated heterocycles. The highest BCUT2D eigenvalue weighted by atomic mass is 16.5. The largest absolute Gasteiger partial charge is 0.378 e. The van der Waals surface area contributed by atoms with E-state index in [0.29, 0.717) is 19.1 Å². The minimum atomic E-state index is -0.632. The lowest BCUT2D eigenvalue weighted by atomic mass is 9.97. The fourth-order valence-electron chi connectivity index (χ4n) is 2.17. The molecule has 1 atom stereocenters. The normalized spacial score (nSPS) is 20.9. The number of ether oxygens (including phenoxy) is 1. The second kappa shape index (κ2) is 6.21. The molecule has 1 aliphatic carbocycles. The monoisotopic (exact) mass is 228 g/mol. The van der Waals surface area contributed by atoms with Gasteiger partial charge in [-0.3, -0.25) is 4.79 Å².